The van der Waals surface area contributed by atoms with Crippen molar-refractivity contribution in [3.05, 3.63) is 40.6 Å². The van der Waals surface area contributed by atoms with Crippen LogP contribution in [0.2, 0.25) is 0 Å². The average Bonchev–Trinajstić information content (AvgIpc) is 3.26. The monoisotopic (exact) mass is 416 g/mol. The first kappa shape index (κ1) is 17.3. The Morgan fingerprint density at radius 2 is 2.19 bits per heavy atom. The summed E-state index contributed by atoms with van der Waals surface area (Å²) in [5.74, 6) is 3.02. The predicted octanol–water partition coefficient (Wildman–Crippen LogP) is 3.51. The normalized spacial score (nSPS) is 17.2. The molecule has 1 aliphatic rings. The Hall–Kier alpha value is -2.12. The molecule has 0 amide bonds. The molecular weight excluding hydrogens is 396 g/mol. The molecule has 1 unspecified atom stereocenters. The molecule has 6 nitrogen and oxygen atoms in total. The minimum atomic E-state index is -0.0861. The number of nitrogens with zero attached hydrogens (tertiary/aromatic N) is 4. The van der Waals surface area contributed by atoms with E-state index in [0.29, 0.717) is 17.4 Å². The maximum Gasteiger partial charge on any atom is 0.236 e. The van der Waals surface area contributed by atoms with Crippen molar-refractivity contribution >= 4 is 27.5 Å². The number of aromatic nitrogens is 3. The van der Waals surface area contributed by atoms with Gasteiger partial charge in [0.05, 0.1) is 23.9 Å². The number of methoxy groups -OCH3 is 1. The summed E-state index contributed by atoms with van der Waals surface area (Å²) in [7, 11) is 1.61. The molecule has 7 heteroatoms. The molecule has 1 aromatic carbocycles. The minimum Gasteiger partial charge on any atom is -0.496 e. The van der Waals surface area contributed by atoms with Gasteiger partial charge in [-0.15, -0.1) is 0 Å². The van der Waals surface area contributed by atoms with Gasteiger partial charge >= 0.3 is 0 Å². The molecule has 0 spiro atoms. The quantitative estimate of drug-likeness (QED) is 0.704. The molecule has 0 aliphatic carbocycles. The Kier molecular flexibility index (Phi) is 4.58. The van der Waals surface area contributed by atoms with E-state index in [9.17, 15) is 5.11 Å². The molecule has 1 atom stereocenters. The van der Waals surface area contributed by atoms with Crippen LogP contribution in [-0.4, -0.2) is 39.7 Å². The first-order valence-electron chi connectivity index (χ1n) is 8.67. The lowest BCUT2D eigenvalue weighted by Gasteiger charge is -2.16. The van der Waals surface area contributed by atoms with E-state index in [4.69, 9.17) is 14.7 Å². The number of aliphatic hydroxyl groups is 1. The highest BCUT2D eigenvalue weighted by molar-refractivity contribution is 9.10. The number of ether oxygens (including phenoxy) is 1. The van der Waals surface area contributed by atoms with E-state index in [0.717, 1.165) is 40.2 Å². The van der Waals surface area contributed by atoms with Crippen LogP contribution < -0.4 is 9.64 Å². The maximum absolute atomic E-state index is 9.75. The molecule has 3 aromatic rings. The van der Waals surface area contributed by atoms with E-state index in [2.05, 4.69) is 27.8 Å². The van der Waals surface area contributed by atoms with Crippen LogP contribution in [0.1, 0.15) is 18.9 Å². The third-order valence-corrected chi connectivity index (χ3v) is 5.50. The highest BCUT2D eigenvalue weighted by Crippen LogP contribution is 2.34. The summed E-state index contributed by atoms with van der Waals surface area (Å²) in [5, 5.41) is 9.75. The summed E-state index contributed by atoms with van der Waals surface area (Å²) in [4.78, 5) is 11.7. The zero-order valence-electron chi connectivity index (χ0n) is 14.8. The fraction of sp³-hybridized carbons (Fsp3) is 0.368. The average molecular weight is 417 g/mol. The van der Waals surface area contributed by atoms with Gasteiger partial charge in [-0.1, -0.05) is 6.92 Å². The topological polar surface area (TPSA) is 62.9 Å². The lowest BCUT2D eigenvalue weighted by molar-refractivity contribution is 0.281. The Labute approximate surface area is 160 Å². The number of benzene rings is 1. The molecule has 0 saturated carbocycles. The number of hydrogen-bond acceptors (Lipinski definition) is 5. The van der Waals surface area contributed by atoms with Crippen molar-refractivity contribution in [1.29, 1.82) is 0 Å². The van der Waals surface area contributed by atoms with Crippen molar-refractivity contribution in [3.8, 4) is 17.0 Å². The van der Waals surface area contributed by atoms with Crippen LogP contribution >= 0.6 is 15.9 Å². The first-order chi connectivity index (χ1) is 12.6. The number of fused-ring (bicyclic) bond motifs is 1. The van der Waals surface area contributed by atoms with Crippen LogP contribution in [0.5, 0.6) is 5.75 Å². The number of imidazole rings is 1. The molecule has 26 heavy (non-hydrogen) atoms. The summed E-state index contributed by atoms with van der Waals surface area (Å²) in [6.07, 6.45) is 5.13. The summed E-state index contributed by atoms with van der Waals surface area (Å²) in [6, 6.07) is 5.79. The lowest BCUT2D eigenvalue weighted by atomic mass is 10.1. The Morgan fingerprint density at radius 3 is 2.88 bits per heavy atom. The highest BCUT2D eigenvalue weighted by Gasteiger charge is 2.20. The smallest absolute Gasteiger partial charge is 0.236 e. The van der Waals surface area contributed by atoms with Gasteiger partial charge in [-0.25, -0.2) is 4.98 Å². The molecule has 0 radical (unpaired) electrons. The van der Waals surface area contributed by atoms with Gasteiger partial charge in [0.1, 0.15) is 11.6 Å². The van der Waals surface area contributed by atoms with Crippen molar-refractivity contribution in [2.75, 3.05) is 25.1 Å². The molecule has 1 aliphatic heterocycles. The standard InChI is InChI=1S/C19H21BrN4O2/c1-12-3-5-23(9-12)18-4-6-24-10-16(21-19(24)22-18)14-8-15(20)17(26-2)7-13(14)11-25/h4,6-8,10,12,25H,3,5,9,11H2,1-2H3. The summed E-state index contributed by atoms with van der Waals surface area (Å²) < 4.78 is 8.05. The van der Waals surface area contributed by atoms with E-state index < -0.39 is 0 Å². The Balaban J connectivity index is 1.75. The SMILES string of the molecule is COc1cc(CO)c(-c2cn3ccc(N4CCC(C)C4)nc3n2)cc1Br. The van der Waals surface area contributed by atoms with Gasteiger partial charge in [0.2, 0.25) is 5.78 Å². The van der Waals surface area contributed by atoms with Crippen molar-refractivity contribution in [2.24, 2.45) is 5.92 Å². The Morgan fingerprint density at radius 1 is 1.35 bits per heavy atom. The second kappa shape index (κ2) is 6.89. The molecule has 3 heterocycles. The van der Waals surface area contributed by atoms with Gasteiger partial charge in [-0.3, -0.25) is 4.40 Å². The van der Waals surface area contributed by atoms with Crippen LogP contribution in [0.4, 0.5) is 5.82 Å². The van der Waals surface area contributed by atoms with Crippen molar-refractivity contribution in [3.63, 3.8) is 0 Å². The number of aliphatic hydroxyl groups excluding tert-OH is 1. The van der Waals surface area contributed by atoms with Crippen LogP contribution in [0.3, 0.4) is 0 Å². The van der Waals surface area contributed by atoms with Gasteiger partial charge in [0, 0.05) is 31.0 Å². The Bertz CT molecular complexity index is 956. The van der Waals surface area contributed by atoms with Crippen LogP contribution in [0, 0.1) is 5.92 Å². The van der Waals surface area contributed by atoms with Crippen LogP contribution in [0.15, 0.2) is 35.1 Å². The van der Waals surface area contributed by atoms with Gasteiger partial charge in [0.25, 0.3) is 0 Å². The highest BCUT2D eigenvalue weighted by atomic mass is 79.9. The van der Waals surface area contributed by atoms with E-state index >= 15 is 0 Å². The number of halogens is 1. The van der Waals surface area contributed by atoms with Crippen molar-refractivity contribution < 1.29 is 9.84 Å². The second-order valence-electron chi connectivity index (χ2n) is 6.76. The van der Waals surface area contributed by atoms with Gasteiger partial charge in [0.15, 0.2) is 0 Å². The molecule has 1 fully saturated rings. The molecule has 1 saturated heterocycles. The molecule has 4 rings (SSSR count). The zero-order chi connectivity index (χ0) is 18.3. The lowest BCUT2D eigenvalue weighted by Crippen LogP contribution is -2.20. The molecule has 136 valence electrons. The molecule has 0 bridgehead atoms. The fourth-order valence-corrected chi connectivity index (χ4v) is 3.94. The molecular formula is C19H21BrN4O2. The number of hydrogen-bond donors (Lipinski definition) is 1. The van der Waals surface area contributed by atoms with Crippen molar-refractivity contribution in [1.82, 2.24) is 14.4 Å². The van der Waals surface area contributed by atoms with Gasteiger partial charge < -0.3 is 14.7 Å². The van der Waals surface area contributed by atoms with E-state index in [1.165, 1.54) is 6.42 Å². The van der Waals surface area contributed by atoms with Gasteiger partial charge in [-0.05, 0) is 52.0 Å². The van der Waals surface area contributed by atoms with Crippen LogP contribution in [0.25, 0.3) is 17.0 Å². The predicted molar refractivity (Wildman–Crippen MR) is 105 cm³/mol. The summed E-state index contributed by atoms with van der Waals surface area (Å²) >= 11 is 3.51. The largest absolute Gasteiger partial charge is 0.496 e. The van der Waals surface area contributed by atoms with E-state index in [1.54, 1.807) is 7.11 Å². The summed E-state index contributed by atoms with van der Waals surface area (Å²) in [6.45, 7) is 4.26. The first-order valence-corrected chi connectivity index (χ1v) is 9.46. The third kappa shape index (κ3) is 3.05. The minimum absolute atomic E-state index is 0.0861. The van der Waals surface area contributed by atoms with E-state index in [-0.39, 0.29) is 6.61 Å². The van der Waals surface area contributed by atoms with Crippen molar-refractivity contribution in [2.45, 2.75) is 20.0 Å². The second-order valence-corrected chi connectivity index (χ2v) is 7.62. The number of anilines is 1. The van der Waals surface area contributed by atoms with E-state index in [1.807, 2.05) is 35.0 Å². The fourth-order valence-electron chi connectivity index (χ4n) is 3.43. The molecule has 1 N–H and O–H groups in total. The van der Waals surface area contributed by atoms with Gasteiger partial charge in [-0.2, -0.15) is 4.98 Å². The maximum atomic E-state index is 9.75. The number of rotatable bonds is 4. The zero-order valence-corrected chi connectivity index (χ0v) is 16.4. The van der Waals surface area contributed by atoms with Crippen LogP contribution in [-0.2, 0) is 6.61 Å². The third-order valence-electron chi connectivity index (χ3n) is 4.88. The molecule has 2 aromatic heterocycles. The summed E-state index contributed by atoms with van der Waals surface area (Å²) in [5.41, 5.74) is 2.40.